The Morgan fingerprint density at radius 2 is 2.30 bits per heavy atom. The molecule has 0 saturated heterocycles. The predicted molar refractivity (Wildman–Crippen MR) is 78.6 cm³/mol. The Balaban J connectivity index is 2.04. The van der Waals surface area contributed by atoms with Gasteiger partial charge in [-0.05, 0) is 30.1 Å². The molecule has 3 aromatic rings. The van der Waals surface area contributed by atoms with E-state index in [0.29, 0.717) is 15.5 Å². The maximum absolute atomic E-state index is 12.5. The molecule has 0 bridgehead atoms. The Labute approximate surface area is 124 Å². The Morgan fingerprint density at radius 3 is 3.05 bits per heavy atom. The number of fused-ring (bicyclic) bond motifs is 1. The topological polar surface area (TPSA) is 56.0 Å². The van der Waals surface area contributed by atoms with Crippen LogP contribution in [0.2, 0.25) is 5.02 Å². The summed E-state index contributed by atoms with van der Waals surface area (Å²) in [6.07, 6.45) is 1.65. The summed E-state index contributed by atoms with van der Waals surface area (Å²) in [5.41, 5.74) is 1.26. The molecule has 0 fully saturated rings. The van der Waals surface area contributed by atoms with Crippen molar-refractivity contribution >= 4 is 39.9 Å². The van der Waals surface area contributed by atoms with E-state index in [1.165, 1.54) is 0 Å². The average Bonchev–Trinajstić information content (AvgIpc) is 3.05. The van der Waals surface area contributed by atoms with Gasteiger partial charge in [0.25, 0.3) is 0 Å². The zero-order valence-corrected chi connectivity index (χ0v) is 12.3. The van der Waals surface area contributed by atoms with Crippen LogP contribution in [0.3, 0.4) is 0 Å². The van der Waals surface area contributed by atoms with Gasteiger partial charge in [-0.2, -0.15) is 0 Å². The lowest BCUT2D eigenvalue weighted by Gasteiger charge is -1.96. The van der Waals surface area contributed by atoms with Crippen molar-refractivity contribution in [3.63, 3.8) is 0 Å². The van der Waals surface area contributed by atoms with E-state index in [9.17, 15) is 4.79 Å². The lowest BCUT2D eigenvalue weighted by atomic mass is 10.1. The van der Waals surface area contributed by atoms with E-state index < -0.39 is 0 Å². The maximum atomic E-state index is 12.5. The molecule has 20 heavy (non-hydrogen) atoms. The van der Waals surface area contributed by atoms with Crippen LogP contribution < -0.4 is 0 Å². The summed E-state index contributed by atoms with van der Waals surface area (Å²) in [5, 5.41) is 5.32. The van der Waals surface area contributed by atoms with Crippen molar-refractivity contribution in [2.24, 2.45) is 0 Å². The minimum atomic E-state index is -0.185. The van der Waals surface area contributed by atoms with Gasteiger partial charge >= 0.3 is 0 Å². The second kappa shape index (κ2) is 5.34. The number of carbonyl (C=O) groups excluding carboxylic acids is 1. The van der Waals surface area contributed by atoms with Crippen molar-refractivity contribution in [1.29, 1.82) is 0 Å². The van der Waals surface area contributed by atoms with Crippen molar-refractivity contribution in [2.75, 3.05) is 0 Å². The average molecular weight is 307 g/mol. The van der Waals surface area contributed by atoms with Crippen molar-refractivity contribution < 1.29 is 9.21 Å². The van der Waals surface area contributed by atoms with Crippen molar-refractivity contribution in [3.8, 4) is 0 Å². The van der Waals surface area contributed by atoms with Gasteiger partial charge in [0.15, 0.2) is 11.3 Å². The molecule has 6 heteroatoms. The second-order valence-electron chi connectivity index (χ2n) is 4.40. The van der Waals surface area contributed by atoms with E-state index in [2.05, 4.69) is 9.59 Å². The second-order valence-corrected chi connectivity index (χ2v) is 5.56. The maximum Gasteiger partial charge on any atom is 0.241 e. The van der Waals surface area contributed by atoms with Crippen LogP contribution in [0.4, 0.5) is 0 Å². The number of carbonyl (C=O) groups is 1. The molecule has 0 aliphatic rings. The summed E-state index contributed by atoms with van der Waals surface area (Å²) in [6.45, 7) is 2.04. The Kier molecular flexibility index (Phi) is 3.54. The normalized spacial score (nSPS) is 11.1. The van der Waals surface area contributed by atoms with E-state index in [-0.39, 0.29) is 11.5 Å². The van der Waals surface area contributed by atoms with Crippen LogP contribution in [-0.4, -0.2) is 15.4 Å². The fourth-order valence-corrected chi connectivity index (χ4v) is 2.91. The minimum Gasteiger partial charge on any atom is -0.451 e. The molecule has 0 saturated carbocycles. The number of nitrogens with zero attached hydrogens (tertiary/aromatic N) is 2. The van der Waals surface area contributed by atoms with Crippen LogP contribution in [0, 0.1) is 0 Å². The van der Waals surface area contributed by atoms with Crippen LogP contribution in [0.1, 0.15) is 34.5 Å². The third kappa shape index (κ3) is 2.23. The number of halogens is 1. The minimum absolute atomic E-state index is 0.185. The molecule has 0 atom stereocenters. The molecule has 102 valence electrons. The number of aryl methyl sites for hydroxylation is 1. The predicted octanol–water partition coefficient (Wildman–Crippen LogP) is 4.12. The lowest BCUT2D eigenvalue weighted by Crippen LogP contribution is -2.01. The van der Waals surface area contributed by atoms with Crippen LogP contribution in [-0.2, 0) is 6.42 Å². The number of hydrogen-bond acceptors (Lipinski definition) is 5. The highest BCUT2D eigenvalue weighted by molar-refractivity contribution is 7.08. The third-order valence-electron chi connectivity index (χ3n) is 2.97. The van der Waals surface area contributed by atoms with E-state index in [1.807, 2.05) is 19.1 Å². The van der Waals surface area contributed by atoms with Gasteiger partial charge in [0.05, 0.1) is 10.7 Å². The number of para-hydroxylation sites is 1. The molecule has 0 radical (unpaired) electrons. The Bertz CT molecular complexity index is 778. The first-order valence-corrected chi connectivity index (χ1v) is 7.40. The van der Waals surface area contributed by atoms with Gasteiger partial charge in [-0.3, -0.25) is 4.79 Å². The van der Waals surface area contributed by atoms with Crippen LogP contribution in [0.5, 0.6) is 0 Å². The molecule has 2 heterocycles. The monoisotopic (exact) mass is 306 g/mol. The third-order valence-corrected chi connectivity index (χ3v) is 4.03. The highest BCUT2D eigenvalue weighted by Gasteiger charge is 2.21. The number of furan rings is 1. The smallest absolute Gasteiger partial charge is 0.241 e. The van der Waals surface area contributed by atoms with Crippen LogP contribution in [0.25, 0.3) is 11.0 Å². The highest BCUT2D eigenvalue weighted by Crippen LogP contribution is 2.28. The van der Waals surface area contributed by atoms with Crippen LogP contribution in [0.15, 0.2) is 28.7 Å². The molecule has 0 unspecified atom stereocenters. The number of benzene rings is 1. The molecule has 1 aromatic carbocycles. The molecule has 4 nitrogen and oxygen atoms in total. The van der Waals surface area contributed by atoms with E-state index >= 15 is 0 Å². The summed E-state index contributed by atoms with van der Waals surface area (Å²) in [4.78, 5) is 13.0. The molecule has 0 aliphatic carbocycles. The zero-order valence-electron chi connectivity index (χ0n) is 10.7. The molecule has 0 spiro atoms. The zero-order chi connectivity index (χ0) is 14.1. The van der Waals surface area contributed by atoms with Gasteiger partial charge in [0.2, 0.25) is 5.78 Å². The Hall–Kier alpha value is -1.72. The summed E-state index contributed by atoms with van der Waals surface area (Å²) < 4.78 is 9.45. The van der Waals surface area contributed by atoms with Crippen LogP contribution >= 0.6 is 23.1 Å². The molecule has 0 amide bonds. The van der Waals surface area contributed by atoms with Crippen molar-refractivity contribution in [1.82, 2.24) is 9.59 Å². The van der Waals surface area contributed by atoms with Gasteiger partial charge in [0, 0.05) is 5.39 Å². The van der Waals surface area contributed by atoms with Crippen molar-refractivity contribution in [3.05, 3.63) is 45.6 Å². The first kappa shape index (κ1) is 13.3. The number of ketones is 1. The fraction of sp³-hybridized carbons (Fsp3) is 0.214. The van der Waals surface area contributed by atoms with Gasteiger partial charge < -0.3 is 4.42 Å². The van der Waals surface area contributed by atoms with Gasteiger partial charge in [-0.25, -0.2) is 0 Å². The molecule has 2 aromatic heterocycles. The van der Waals surface area contributed by atoms with E-state index in [4.69, 9.17) is 16.0 Å². The molecule has 0 N–H and O–H groups in total. The van der Waals surface area contributed by atoms with Gasteiger partial charge in [-0.15, -0.1) is 5.10 Å². The fourth-order valence-electron chi connectivity index (χ4n) is 2.03. The molecular formula is C14H11ClN2O2S. The summed E-state index contributed by atoms with van der Waals surface area (Å²) >= 11 is 7.16. The highest BCUT2D eigenvalue weighted by atomic mass is 35.5. The van der Waals surface area contributed by atoms with Gasteiger partial charge in [0.1, 0.15) is 4.88 Å². The molecule has 0 aliphatic heterocycles. The first-order chi connectivity index (χ1) is 9.70. The summed E-state index contributed by atoms with van der Waals surface area (Å²) in [5.74, 6) is 0.0900. The van der Waals surface area contributed by atoms with E-state index in [0.717, 1.165) is 35.5 Å². The number of hydrogen-bond donors (Lipinski definition) is 0. The summed E-state index contributed by atoms with van der Waals surface area (Å²) in [7, 11) is 0. The SMILES string of the molecule is CCCc1nnsc1C(=O)c1cc2cccc(Cl)c2o1. The quantitative estimate of drug-likeness (QED) is 0.680. The largest absolute Gasteiger partial charge is 0.451 e. The van der Waals surface area contributed by atoms with Crippen molar-refractivity contribution in [2.45, 2.75) is 19.8 Å². The summed E-state index contributed by atoms with van der Waals surface area (Å²) in [6, 6.07) is 7.13. The van der Waals surface area contributed by atoms with E-state index in [1.54, 1.807) is 12.1 Å². The standard InChI is InChI=1S/C14H11ClN2O2S/c1-2-4-10-14(20-17-16-10)12(18)11-7-8-5-3-6-9(15)13(8)19-11/h3,5-7H,2,4H2,1H3. The Morgan fingerprint density at radius 1 is 1.45 bits per heavy atom. The van der Waals surface area contributed by atoms with Gasteiger partial charge in [-0.1, -0.05) is 41.6 Å². The molecule has 3 rings (SSSR count). The first-order valence-electron chi connectivity index (χ1n) is 6.24. The lowest BCUT2D eigenvalue weighted by molar-refractivity contribution is 0.101. The number of aromatic nitrogens is 2. The molecular weight excluding hydrogens is 296 g/mol. The number of rotatable bonds is 4.